The van der Waals surface area contributed by atoms with E-state index in [1.54, 1.807) is 6.07 Å². The van der Waals surface area contributed by atoms with Crippen molar-refractivity contribution < 1.29 is 4.79 Å². The van der Waals surface area contributed by atoms with Gasteiger partial charge in [0.25, 0.3) is 0 Å². The number of hydrogen-bond donors (Lipinski definition) is 2. The molecule has 1 heterocycles. The fourth-order valence-corrected chi connectivity index (χ4v) is 2.78. The monoisotopic (exact) mass is 286 g/mol. The van der Waals surface area contributed by atoms with Crippen molar-refractivity contribution >= 4 is 29.1 Å². The molecule has 0 radical (unpaired) electrons. The molecule has 3 N–H and O–H groups in total. The molecule has 1 aromatic rings. The lowest BCUT2D eigenvalue weighted by Gasteiger charge is -2.30. The van der Waals surface area contributed by atoms with E-state index in [0.29, 0.717) is 16.6 Å². The number of carbonyl (C=O) groups is 1. The number of nitrogens with two attached hydrogens (primary N) is 1. The lowest BCUT2D eigenvalue weighted by atomic mass is 9.81. The van der Waals surface area contributed by atoms with Crippen molar-refractivity contribution in [3.63, 3.8) is 0 Å². The molecule has 0 bridgehead atoms. The van der Waals surface area contributed by atoms with E-state index in [1.807, 2.05) is 12.1 Å². The molecule has 0 aromatic heterocycles. The van der Waals surface area contributed by atoms with Crippen LogP contribution in [-0.4, -0.2) is 19.0 Å². The number of carbonyl (C=O) groups excluding carboxylic acids is 1. The van der Waals surface area contributed by atoms with Crippen LogP contribution >= 0.6 is 23.2 Å². The molecule has 0 saturated carbocycles. The van der Waals surface area contributed by atoms with Crippen LogP contribution < -0.4 is 11.1 Å². The molecule has 1 fully saturated rings. The summed E-state index contributed by atoms with van der Waals surface area (Å²) in [6.07, 6.45) is 1.76. The van der Waals surface area contributed by atoms with Crippen molar-refractivity contribution in [1.82, 2.24) is 5.32 Å². The highest BCUT2D eigenvalue weighted by atomic mass is 35.5. The third-order valence-corrected chi connectivity index (χ3v) is 4.21. The average molecular weight is 287 g/mol. The summed E-state index contributed by atoms with van der Waals surface area (Å²) in [6.45, 7) is 1.59. The van der Waals surface area contributed by atoms with Crippen LogP contribution in [0.25, 0.3) is 0 Å². The first-order valence-corrected chi connectivity index (χ1v) is 6.77. The van der Waals surface area contributed by atoms with E-state index in [-0.39, 0.29) is 17.7 Å². The molecule has 18 heavy (non-hydrogen) atoms. The number of halogens is 2. The van der Waals surface area contributed by atoms with Crippen LogP contribution in [0.3, 0.4) is 0 Å². The maximum atomic E-state index is 11.4. The molecule has 2 atom stereocenters. The number of nitrogens with one attached hydrogen (secondary N) is 1. The molecule has 98 valence electrons. The largest absolute Gasteiger partial charge is 0.369 e. The standard InChI is InChI=1S/C13H16Cl2N2O/c14-11-2-1-8(6-12(11)15)5-9-3-4-17-7-10(9)13(16)18/h1-2,6,9-10,17H,3-5,7H2,(H2,16,18)/t9-,10-/m1/s1. The van der Waals surface area contributed by atoms with Crippen LogP contribution in [0.15, 0.2) is 18.2 Å². The SMILES string of the molecule is NC(=O)[C@@H]1CNCC[C@@H]1Cc1ccc(Cl)c(Cl)c1. The highest BCUT2D eigenvalue weighted by molar-refractivity contribution is 6.42. The zero-order valence-electron chi connectivity index (χ0n) is 9.96. The first-order valence-electron chi connectivity index (χ1n) is 6.02. The van der Waals surface area contributed by atoms with E-state index < -0.39 is 0 Å². The summed E-state index contributed by atoms with van der Waals surface area (Å²) < 4.78 is 0. The number of rotatable bonds is 3. The molecular weight excluding hydrogens is 271 g/mol. The highest BCUT2D eigenvalue weighted by Gasteiger charge is 2.29. The summed E-state index contributed by atoms with van der Waals surface area (Å²) in [4.78, 5) is 11.4. The van der Waals surface area contributed by atoms with Crippen LogP contribution in [0.5, 0.6) is 0 Å². The molecule has 0 aliphatic carbocycles. The first-order chi connectivity index (χ1) is 8.58. The molecule has 1 aliphatic rings. The molecule has 2 rings (SSSR count). The number of amides is 1. The Balaban J connectivity index is 2.10. The van der Waals surface area contributed by atoms with E-state index in [1.165, 1.54) is 0 Å². The predicted molar refractivity (Wildman–Crippen MR) is 73.8 cm³/mol. The molecule has 0 spiro atoms. The number of benzene rings is 1. The zero-order valence-corrected chi connectivity index (χ0v) is 11.5. The fourth-order valence-electron chi connectivity index (χ4n) is 2.46. The fraction of sp³-hybridized carbons (Fsp3) is 0.462. The topological polar surface area (TPSA) is 55.1 Å². The van der Waals surface area contributed by atoms with Crippen LogP contribution in [-0.2, 0) is 11.2 Å². The molecule has 1 saturated heterocycles. The van der Waals surface area contributed by atoms with Gasteiger partial charge in [-0.1, -0.05) is 29.3 Å². The molecule has 5 heteroatoms. The Morgan fingerprint density at radius 1 is 1.39 bits per heavy atom. The van der Waals surface area contributed by atoms with Crippen LogP contribution in [0, 0.1) is 11.8 Å². The molecule has 1 amide bonds. The summed E-state index contributed by atoms with van der Waals surface area (Å²) in [6, 6.07) is 5.61. The summed E-state index contributed by atoms with van der Waals surface area (Å²) in [5.74, 6) is -0.0542. The summed E-state index contributed by atoms with van der Waals surface area (Å²) in [7, 11) is 0. The van der Waals surface area contributed by atoms with Crippen molar-refractivity contribution in [1.29, 1.82) is 0 Å². The Bertz CT molecular complexity index is 451. The van der Waals surface area contributed by atoms with Crippen molar-refractivity contribution in [3.8, 4) is 0 Å². The molecule has 1 aromatic carbocycles. The van der Waals surface area contributed by atoms with Gasteiger partial charge in [0.15, 0.2) is 0 Å². The lowest BCUT2D eigenvalue weighted by Crippen LogP contribution is -2.44. The molecule has 0 unspecified atom stereocenters. The van der Waals surface area contributed by atoms with Gasteiger partial charge in [-0.15, -0.1) is 0 Å². The van der Waals surface area contributed by atoms with Gasteiger partial charge in [-0.3, -0.25) is 4.79 Å². The van der Waals surface area contributed by atoms with E-state index in [4.69, 9.17) is 28.9 Å². The van der Waals surface area contributed by atoms with Crippen molar-refractivity contribution in [2.45, 2.75) is 12.8 Å². The number of piperidine rings is 1. The lowest BCUT2D eigenvalue weighted by molar-refractivity contribution is -0.123. The molecule has 1 aliphatic heterocycles. The van der Waals surface area contributed by atoms with Gasteiger partial charge in [0, 0.05) is 6.54 Å². The molecular formula is C13H16Cl2N2O. The highest BCUT2D eigenvalue weighted by Crippen LogP contribution is 2.27. The zero-order chi connectivity index (χ0) is 13.1. The van der Waals surface area contributed by atoms with Crippen LogP contribution in [0.1, 0.15) is 12.0 Å². The third kappa shape index (κ3) is 3.16. The maximum Gasteiger partial charge on any atom is 0.222 e. The number of hydrogen-bond acceptors (Lipinski definition) is 2. The van der Waals surface area contributed by atoms with E-state index >= 15 is 0 Å². The van der Waals surface area contributed by atoms with Gasteiger partial charge in [-0.2, -0.15) is 0 Å². The summed E-state index contributed by atoms with van der Waals surface area (Å²) in [5, 5.41) is 4.31. The van der Waals surface area contributed by atoms with E-state index in [9.17, 15) is 4.79 Å². The Kier molecular flexibility index (Phi) is 4.49. The van der Waals surface area contributed by atoms with Gasteiger partial charge in [0.05, 0.1) is 16.0 Å². The average Bonchev–Trinajstić information content (AvgIpc) is 2.34. The summed E-state index contributed by atoms with van der Waals surface area (Å²) in [5.41, 5.74) is 6.54. The number of primary amides is 1. The minimum atomic E-state index is -0.229. The maximum absolute atomic E-state index is 11.4. The minimum absolute atomic E-state index is 0.104. The molecule has 3 nitrogen and oxygen atoms in total. The predicted octanol–water partition coefficient (Wildman–Crippen LogP) is 2.25. The Morgan fingerprint density at radius 3 is 2.83 bits per heavy atom. The normalized spacial score (nSPS) is 23.9. The van der Waals surface area contributed by atoms with Crippen molar-refractivity contribution in [2.75, 3.05) is 13.1 Å². The first kappa shape index (κ1) is 13.7. The smallest absolute Gasteiger partial charge is 0.222 e. The van der Waals surface area contributed by atoms with Gasteiger partial charge >= 0.3 is 0 Å². The van der Waals surface area contributed by atoms with Crippen LogP contribution in [0.2, 0.25) is 10.0 Å². The summed E-state index contributed by atoms with van der Waals surface area (Å²) >= 11 is 11.9. The van der Waals surface area contributed by atoms with Gasteiger partial charge < -0.3 is 11.1 Å². The van der Waals surface area contributed by atoms with Crippen LogP contribution in [0.4, 0.5) is 0 Å². The quantitative estimate of drug-likeness (QED) is 0.896. The van der Waals surface area contributed by atoms with E-state index in [0.717, 1.165) is 24.9 Å². The van der Waals surface area contributed by atoms with Gasteiger partial charge in [-0.05, 0) is 43.0 Å². The Hall–Kier alpha value is -0.770. The second-order valence-electron chi connectivity index (χ2n) is 4.71. The second kappa shape index (κ2) is 5.91. The van der Waals surface area contributed by atoms with E-state index in [2.05, 4.69) is 5.32 Å². The minimum Gasteiger partial charge on any atom is -0.369 e. The Labute approximate surface area is 117 Å². The van der Waals surface area contributed by atoms with Crippen molar-refractivity contribution in [3.05, 3.63) is 33.8 Å². The Morgan fingerprint density at radius 2 is 2.17 bits per heavy atom. The van der Waals surface area contributed by atoms with Crippen molar-refractivity contribution in [2.24, 2.45) is 17.6 Å². The second-order valence-corrected chi connectivity index (χ2v) is 5.53. The van der Waals surface area contributed by atoms with Gasteiger partial charge in [0.1, 0.15) is 0 Å². The van der Waals surface area contributed by atoms with Gasteiger partial charge in [0.2, 0.25) is 5.91 Å². The third-order valence-electron chi connectivity index (χ3n) is 3.47. The van der Waals surface area contributed by atoms with Gasteiger partial charge in [-0.25, -0.2) is 0 Å².